The van der Waals surface area contributed by atoms with Crippen LogP contribution in [0.1, 0.15) is 5.56 Å². The number of anilines is 2. The highest BCUT2D eigenvalue weighted by molar-refractivity contribution is 7.93. The van der Waals surface area contributed by atoms with Gasteiger partial charge in [0, 0.05) is 0 Å². The van der Waals surface area contributed by atoms with Crippen LogP contribution in [0.4, 0.5) is 50.9 Å². The normalized spacial score (nSPS) is 14.5. The van der Waals surface area contributed by atoms with Crippen molar-refractivity contribution in [1.29, 1.82) is 0 Å². The molecule has 4 N–H and O–H groups in total. The van der Waals surface area contributed by atoms with Gasteiger partial charge in [0.15, 0.2) is 0 Å². The van der Waals surface area contributed by atoms with Gasteiger partial charge in [0.05, 0.1) is 11.4 Å². The highest BCUT2D eigenvalue weighted by Crippen LogP contribution is 2.48. The summed E-state index contributed by atoms with van der Waals surface area (Å²) < 4.78 is 160. The van der Waals surface area contributed by atoms with Crippen molar-refractivity contribution < 1.29 is 56.3 Å². The van der Waals surface area contributed by atoms with Crippen LogP contribution in [0.25, 0.3) is 0 Å². The van der Waals surface area contributed by atoms with Crippen molar-refractivity contribution in [3.8, 4) is 0 Å². The van der Waals surface area contributed by atoms with Crippen LogP contribution >= 0.6 is 0 Å². The molecule has 0 aromatic heterocycles. The van der Waals surface area contributed by atoms with Crippen LogP contribution in [0, 0.1) is 0 Å². The first-order valence-corrected chi connectivity index (χ1v) is 8.56. The average molecular weight is 440 g/mol. The maximum Gasteiger partial charge on any atom is 0.502 e. The molecule has 0 aliphatic heterocycles. The summed E-state index contributed by atoms with van der Waals surface area (Å²) in [6, 6.07) is -0.536. The lowest BCUT2D eigenvalue weighted by Crippen LogP contribution is -2.30. The van der Waals surface area contributed by atoms with Crippen molar-refractivity contribution in [3.05, 3.63) is 11.6 Å². The van der Waals surface area contributed by atoms with Crippen molar-refractivity contribution in [2.45, 2.75) is 27.0 Å². The van der Waals surface area contributed by atoms with Gasteiger partial charge in [-0.2, -0.15) is 39.5 Å². The van der Waals surface area contributed by atoms with Gasteiger partial charge in [0.2, 0.25) is 0 Å². The first-order valence-electron chi connectivity index (χ1n) is 5.59. The lowest BCUT2D eigenvalue weighted by atomic mass is 10.1. The van der Waals surface area contributed by atoms with E-state index in [4.69, 9.17) is 5.73 Å². The second-order valence-corrected chi connectivity index (χ2v) is 8.27. The van der Waals surface area contributed by atoms with Crippen LogP contribution < -0.4 is 11.5 Å². The van der Waals surface area contributed by atoms with E-state index in [1.54, 1.807) is 0 Å². The number of rotatable bonds is 2. The molecule has 0 spiro atoms. The molecular formula is C9H5F9N2O4S2. The van der Waals surface area contributed by atoms with Gasteiger partial charge in [-0.3, -0.25) is 0 Å². The molecule has 0 heterocycles. The Labute approximate surface area is 138 Å². The molecule has 0 fully saturated rings. The molecule has 0 bridgehead atoms. The van der Waals surface area contributed by atoms with Crippen LogP contribution in [0.3, 0.4) is 0 Å². The van der Waals surface area contributed by atoms with Crippen molar-refractivity contribution in [1.82, 2.24) is 0 Å². The minimum absolute atomic E-state index is 0.536. The Kier molecular flexibility index (Phi) is 4.93. The number of benzene rings is 1. The van der Waals surface area contributed by atoms with Gasteiger partial charge in [0.25, 0.3) is 19.7 Å². The van der Waals surface area contributed by atoms with E-state index in [1.807, 2.05) is 0 Å². The van der Waals surface area contributed by atoms with E-state index in [0.717, 1.165) is 0 Å². The summed E-state index contributed by atoms with van der Waals surface area (Å²) in [5, 5.41) is 0. The van der Waals surface area contributed by atoms with Crippen LogP contribution in [-0.4, -0.2) is 27.9 Å². The Bertz CT molecular complexity index is 943. The van der Waals surface area contributed by atoms with E-state index in [-0.39, 0.29) is 0 Å². The predicted molar refractivity (Wildman–Crippen MR) is 66.8 cm³/mol. The summed E-state index contributed by atoms with van der Waals surface area (Å²) in [7, 11) is -13.4. The van der Waals surface area contributed by atoms with Crippen LogP contribution in [0.15, 0.2) is 15.9 Å². The number of hydrogen-bond donors (Lipinski definition) is 2. The molecule has 26 heavy (non-hydrogen) atoms. The third-order valence-corrected chi connectivity index (χ3v) is 5.87. The number of nitrogens with two attached hydrogens (primary N) is 2. The molecule has 0 saturated heterocycles. The molecule has 1 rings (SSSR count). The Morgan fingerprint density at radius 1 is 0.731 bits per heavy atom. The standard InChI is InChI=1S/C9H5F9N2O4S2/c10-7(11,12)4-5(20)3(25(21,22)8(13,14)15)1-2(19)6(4)26(23,24)9(16,17)18/h1H,19-20H2. The molecule has 0 radical (unpaired) electrons. The highest BCUT2D eigenvalue weighted by atomic mass is 32.2. The summed E-state index contributed by atoms with van der Waals surface area (Å²) in [4.78, 5) is -5.04. The zero-order valence-electron chi connectivity index (χ0n) is 11.6. The van der Waals surface area contributed by atoms with Crippen molar-refractivity contribution >= 4 is 31.0 Å². The van der Waals surface area contributed by atoms with Gasteiger partial charge < -0.3 is 11.5 Å². The zero-order valence-corrected chi connectivity index (χ0v) is 13.2. The van der Waals surface area contributed by atoms with Gasteiger partial charge >= 0.3 is 17.2 Å². The first-order chi connectivity index (χ1) is 11.2. The Balaban J connectivity index is 4.20. The lowest BCUT2D eigenvalue weighted by molar-refractivity contribution is -0.139. The zero-order chi connectivity index (χ0) is 21.1. The summed E-state index contributed by atoms with van der Waals surface area (Å²) in [5.74, 6) is 0. The van der Waals surface area contributed by atoms with E-state index >= 15 is 0 Å². The molecule has 0 aliphatic rings. The van der Waals surface area contributed by atoms with Gasteiger partial charge in [-0.15, -0.1) is 0 Å². The Hall–Kier alpha value is -1.91. The number of alkyl halides is 9. The van der Waals surface area contributed by atoms with Crippen molar-refractivity contribution in [2.24, 2.45) is 0 Å². The summed E-state index contributed by atoms with van der Waals surface area (Å²) in [5.41, 5.74) is -10.5. The molecule has 0 amide bonds. The van der Waals surface area contributed by atoms with Crippen molar-refractivity contribution in [3.63, 3.8) is 0 Å². The predicted octanol–water partition coefficient (Wildman–Crippen LogP) is 2.46. The molecule has 0 aliphatic carbocycles. The number of nitrogen functional groups attached to an aromatic ring is 2. The molecule has 1 aromatic carbocycles. The topological polar surface area (TPSA) is 120 Å². The van der Waals surface area contributed by atoms with Crippen LogP contribution in [-0.2, 0) is 25.9 Å². The van der Waals surface area contributed by atoms with E-state index in [9.17, 15) is 56.3 Å². The van der Waals surface area contributed by atoms with Gasteiger partial charge in [-0.1, -0.05) is 0 Å². The molecule has 0 unspecified atom stereocenters. The second-order valence-electron chi connectivity index (χ2n) is 4.48. The lowest BCUT2D eigenvalue weighted by Gasteiger charge is -2.21. The molecule has 17 heteroatoms. The quantitative estimate of drug-likeness (QED) is 0.539. The SMILES string of the molecule is Nc1cc(S(=O)(=O)C(F)(F)F)c(N)c(C(F)(F)F)c1S(=O)(=O)C(F)(F)F. The third kappa shape index (κ3) is 3.36. The molecular weight excluding hydrogens is 435 g/mol. The fraction of sp³-hybridized carbons (Fsp3) is 0.333. The smallest absolute Gasteiger partial charge is 0.398 e. The molecule has 0 saturated carbocycles. The van der Waals surface area contributed by atoms with E-state index in [1.165, 1.54) is 0 Å². The molecule has 1 aromatic rings. The first kappa shape index (κ1) is 22.1. The fourth-order valence-corrected chi connectivity index (χ4v) is 3.73. The third-order valence-electron chi connectivity index (χ3n) is 2.76. The van der Waals surface area contributed by atoms with Crippen molar-refractivity contribution in [2.75, 3.05) is 11.5 Å². The molecule has 6 nitrogen and oxygen atoms in total. The Morgan fingerprint density at radius 2 is 1.12 bits per heavy atom. The fourth-order valence-electron chi connectivity index (χ4n) is 1.71. The van der Waals surface area contributed by atoms with Gasteiger partial charge in [-0.05, 0) is 6.07 Å². The monoisotopic (exact) mass is 440 g/mol. The Morgan fingerprint density at radius 3 is 1.42 bits per heavy atom. The van der Waals surface area contributed by atoms with Crippen LogP contribution in [0.5, 0.6) is 0 Å². The summed E-state index contributed by atoms with van der Waals surface area (Å²) in [6.07, 6.45) is -6.09. The minimum Gasteiger partial charge on any atom is -0.398 e. The highest BCUT2D eigenvalue weighted by Gasteiger charge is 2.55. The second kappa shape index (κ2) is 5.80. The van der Waals surface area contributed by atoms with E-state index in [0.29, 0.717) is 0 Å². The minimum atomic E-state index is -6.84. The average Bonchev–Trinajstić information content (AvgIpc) is 2.35. The van der Waals surface area contributed by atoms with E-state index < -0.39 is 69.7 Å². The number of sulfone groups is 2. The largest absolute Gasteiger partial charge is 0.502 e. The summed E-state index contributed by atoms with van der Waals surface area (Å²) >= 11 is 0. The maximum absolute atomic E-state index is 13.0. The number of halogens is 9. The van der Waals surface area contributed by atoms with Crippen LogP contribution in [0.2, 0.25) is 0 Å². The van der Waals surface area contributed by atoms with Gasteiger partial charge in [0.1, 0.15) is 15.4 Å². The summed E-state index contributed by atoms with van der Waals surface area (Å²) in [6.45, 7) is 0. The maximum atomic E-state index is 13.0. The number of hydrogen-bond acceptors (Lipinski definition) is 6. The van der Waals surface area contributed by atoms with E-state index in [2.05, 4.69) is 5.73 Å². The molecule has 0 atom stereocenters. The molecule has 150 valence electrons. The van der Waals surface area contributed by atoms with Gasteiger partial charge in [-0.25, -0.2) is 16.8 Å².